The van der Waals surface area contributed by atoms with Crippen molar-refractivity contribution in [2.75, 3.05) is 13.1 Å². The summed E-state index contributed by atoms with van der Waals surface area (Å²) in [6.07, 6.45) is 6.00. The number of thiophene rings is 1. The number of hydrogen-bond donors (Lipinski definition) is 1. The molecule has 5 heteroatoms. The van der Waals surface area contributed by atoms with E-state index in [0.717, 1.165) is 29.5 Å². The van der Waals surface area contributed by atoms with Gasteiger partial charge in [-0.05, 0) is 43.9 Å². The van der Waals surface area contributed by atoms with Crippen molar-refractivity contribution in [3.63, 3.8) is 0 Å². The molecule has 2 aromatic heterocycles. The Hall–Kier alpha value is -0.780. The van der Waals surface area contributed by atoms with Crippen LogP contribution in [0.4, 0.5) is 0 Å². The summed E-state index contributed by atoms with van der Waals surface area (Å²) >= 11 is 3.66. The molecule has 0 spiro atoms. The van der Waals surface area contributed by atoms with Crippen molar-refractivity contribution in [3.8, 4) is 9.88 Å². The molecule has 3 nitrogen and oxygen atoms in total. The normalized spacial score (nSPS) is 13.9. The summed E-state index contributed by atoms with van der Waals surface area (Å²) in [7, 11) is 0. The molecule has 0 fully saturated rings. The van der Waals surface area contributed by atoms with Crippen molar-refractivity contribution in [1.82, 2.24) is 15.5 Å². The van der Waals surface area contributed by atoms with Gasteiger partial charge in [-0.2, -0.15) is 0 Å². The van der Waals surface area contributed by atoms with Crippen LogP contribution >= 0.6 is 22.7 Å². The quantitative estimate of drug-likeness (QED) is 0.830. The molecule has 0 aromatic carbocycles. The second kappa shape index (κ2) is 6.11. The van der Waals surface area contributed by atoms with Crippen LogP contribution < -0.4 is 5.32 Å². The van der Waals surface area contributed by atoms with Crippen LogP contribution in [0.15, 0.2) is 6.07 Å². The molecule has 0 radical (unpaired) electrons. The van der Waals surface area contributed by atoms with Gasteiger partial charge in [0, 0.05) is 17.8 Å². The van der Waals surface area contributed by atoms with Crippen LogP contribution in [0.5, 0.6) is 0 Å². The molecule has 0 saturated carbocycles. The van der Waals surface area contributed by atoms with Crippen LogP contribution in [0.25, 0.3) is 9.88 Å². The molecule has 0 saturated heterocycles. The highest BCUT2D eigenvalue weighted by Crippen LogP contribution is 2.37. The highest BCUT2D eigenvalue weighted by atomic mass is 32.1. The Balaban J connectivity index is 1.63. The average molecular weight is 293 g/mol. The third-order valence-electron chi connectivity index (χ3n) is 3.37. The summed E-state index contributed by atoms with van der Waals surface area (Å²) in [6.45, 7) is 4.28. The van der Waals surface area contributed by atoms with Crippen LogP contribution in [0.3, 0.4) is 0 Å². The average Bonchev–Trinajstić information content (AvgIpc) is 3.08. The zero-order valence-corrected chi connectivity index (χ0v) is 12.9. The van der Waals surface area contributed by atoms with Crippen LogP contribution in [0, 0.1) is 0 Å². The second-order valence-corrected chi connectivity index (χ2v) is 7.11. The highest BCUT2D eigenvalue weighted by Gasteiger charge is 2.17. The molecule has 1 N–H and O–H groups in total. The number of rotatable bonds is 6. The first-order valence-corrected chi connectivity index (χ1v) is 8.65. The van der Waals surface area contributed by atoms with Crippen molar-refractivity contribution < 1.29 is 0 Å². The standard InChI is InChI=1S/C14H19N3S2/c1-2-7-15-8-6-13-16-17-14(19-13)12-9-10-4-3-5-11(10)18-12/h9,15H,2-8H2,1H3. The fourth-order valence-corrected chi connectivity index (χ4v) is 4.52. The van der Waals surface area contributed by atoms with Gasteiger partial charge in [-0.1, -0.05) is 18.3 Å². The van der Waals surface area contributed by atoms with E-state index in [1.165, 1.54) is 30.6 Å². The number of fused-ring (bicyclic) bond motifs is 1. The van der Waals surface area contributed by atoms with Crippen molar-refractivity contribution in [2.24, 2.45) is 0 Å². The minimum Gasteiger partial charge on any atom is -0.316 e. The van der Waals surface area contributed by atoms with E-state index in [2.05, 4.69) is 28.5 Å². The predicted molar refractivity (Wildman–Crippen MR) is 82.1 cm³/mol. The maximum Gasteiger partial charge on any atom is 0.157 e. The topological polar surface area (TPSA) is 37.8 Å². The second-order valence-electron chi connectivity index (χ2n) is 4.91. The van der Waals surface area contributed by atoms with E-state index in [0.29, 0.717) is 0 Å². The summed E-state index contributed by atoms with van der Waals surface area (Å²) in [4.78, 5) is 2.88. The zero-order valence-electron chi connectivity index (χ0n) is 11.2. The predicted octanol–water partition coefficient (Wildman–Crippen LogP) is 3.30. The van der Waals surface area contributed by atoms with Crippen molar-refractivity contribution in [2.45, 2.75) is 39.0 Å². The Morgan fingerprint density at radius 1 is 1.21 bits per heavy atom. The van der Waals surface area contributed by atoms with Gasteiger partial charge in [-0.3, -0.25) is 0 Å². The Kier molecular flexibility index (Phi) is 4.25. The largest absolute Gasteiger partial charge is 0.316 e. The molecule has 0 bridgehead atoms. The number of hydrogen-bond acceptors (Lipinski definition) is 5. The van der Waals surface area contributed by atoms with Gasteiger partial charge in [-0.15, -0.1) is 21.5 Å². The molecule has 0 atom stereocenters. The molecule has 102 valence electrons. The van der Waals surface area contributed by atoms with Crippen molar-refractivity contribution in [3.05, 3.63) is 21.5 Å². The molecule has 3 rings (SSSR count). The number of nitrogens with zero attached hydrogens (tertiary/aromatic N) is 2. The number of aryl methyl sites for hydroxylation is 2. The van der Waals surface area contributed by atoms with E-state index in [1.807, 2.05) is 11.3 Å². The van der Waals surface area contributed by atoms with Crippen LogP contribution in [0.1, 0.15) is 35.2 Å². The molecular formula is C14H19N3S2. The molecule has 1 aliphatic carbocycles. The van der Waals surface area contributed by atoms with Crippen molar-refractivity contribution >= 4 is 22.7 Å². The molecule has 2 aromatic rings. The molecule has 0 amide bonds. The van der Waals surface area contributed by atoms with Gasteiger partial charge in [0.05, 0.1) is 4.88 Å². The minimum absolute atomic E-state index is 0.989. The Labute approximate surface area is 122 Å². The molecule has 19 heavy (non-hydrogen) atoms. The SMILES string of the molecule is CCCNCCc1nnc(-c2cc3c(s2)CCC3)s1. The fourth-order valence-electron chi connectivity index (χ4n) is 2.39. The first-order valence-electron chi connectivity index (χ1n) is 7.02. The fraction of sp³-hybridized carbons (Fsp3) is 0.571. The minimum atomic E-state index is 0.989. The number of nitrogens with one attached hydrogen (secondary N) is 1. The maximum absolute atomic E-state index is 4.35. The molecule has 0 aliphatic heterocycles. The van der Waals surface area contributed by atoms with Crippen molar-refractivity contribution in [1.29, 1.82) is 0 Å². The Morgan fingerprint density at radius 2 is 2.16 bits per heavy atom. The lowest BCUT2D eigenvalue weighted by atomic mass is 10.2. The van der Waals surface area contributed by atoms with Crippen LogP contribution in [0.2, 0.25) is 0 Å². The van der Waals surface area contributed by atoms with E-state index in [4.69, 9.17) is 0 Å². The van der Waals surface area contributed by atoms with E-state index in [9.17, 15) is 0 Å². The van der Waals surface area contributed by atoms with Crippen LogP contribution in [-0.4, -0.2) is 23.3 Å². The first-order chi connectivity index (χ1) is 9.36. The molecule has 1 aliphatic rings. The van der Waals surface area contributed by atoms with E-state index in [1.54, 1.807) is 21.8 Å². The lowest BCUT2D eigenvalue weighted by Crippen LogP contribution is -2.17. The van der Waals surface area contributed by atoms with E-state index >= 15 is 0 Å². The maximum atomic E-state index is 4.35. The molecule has 2 heterocycles. The summed E-state index contributed by atoms with van der Waals surface area (Å²) in [5.41, 5.74) is 1.54. The lowest BCUT2D eigenvalue weighted by molar-refractivity contribution is 0.668. The number of aromatic nitrogens is 2. The monoisotopic (exact) mass is 293 g/mol. The lowest BCUT2D eigenvalue weighted by Gasteiger charge is -1.98. The van der Waals surface area contributed by atoms with Gasteiger partial charge in [-0.25, -0.2) is 0 Å². The Bertz CT molecular complexity index is 523. The highest BCUT2D eigenvalue weighted by molar-refractivity contribution is 7.21. The summed E-state index contributed by atoms with van der Waals surface area (Å²) < 4.78 is 0. The van der Waals surface area contributed by atoms with Crippen LogP contribution in [-0.2, 0) is 19.3 Å². The van der Waals surface area contributed by atoms with Gasteiger partial charge >= 0.3 is 0 Å². The van der Waals surface area contributed by atoms with Gasteiger partial charge in [0.2, 0.25) is 0 Å². The smallest absolute Gasteiger partial charge is 0.157 e. The van der Waals surface area contributed by atoms with E-state index < -0.39 is 0 Å². The molecule has 0 unspecified atom stereocenters. The third kappa shape index (κ3) is 3.04. The zero-order chi connectivity index (χ0) is 13.1. The molecular weight excluding hydrogens is 274 g/mol. The van der Waals surface area contributed by atoms with Gasteiger partial charge in [0.15, 0.2) is 5.01 Å². The van der Waals surface area contributed by atoms with Gasteiger partial charge in [0.1, 0.15) is 5.01 Å². The van der Waals surface area contributed by atoms with Gasteiger partial charge in [0.25, 0.3) is 0 Å². The summed E-state index contributed by atoms with van der Waals surface area (Å²) in [5.74, 6) is 0. The first kappa shape index (κ1) is 13.2. The summed E-state index contributed by atoms with van der Waals surface area (Å²) in [6, 6.07) is 2.33. The third-order valence-corrected chi connectivity index (χ3v) is 5.76. The van der Waals surface area contributed by atoms with Gasteiger partial charge < -0.3 is 5.32 Å². The van der Waals surface area contributed by atoms with E-state index in [-0.39, 0.29) is 0 Å². The summed E-state index contributed by atoms with van der Waals surface area (Å²) in [5, 5.41) is 14.3. The Morgan fingerprint density at radius 3 is 3.00 bits per heavy atom.